The van der Waals surface area contributed by atoms with E-state index >= 15 is 0 Å². The van der Waals surface area contributed by atoms with Gasteiger partial charge >= 0.3 is 5.97 Å². The smallest absolute Gasteiger partial charge is 0.335 e. The highest BCUT2D eigenvalue weighted by Gasteiger charge is 2.15. The van der Waals surface area contributed by atoms with Crippen LogP contribution in [0.4, 0.5) is 5.69 Å². The largest absolute Gasteiger partial charge is 0.478 e. The van der Waals surface area contributed by atoms with Gasteiger partial charge in [-0.2, -0.15) is 0 Å². The van der Waals surface area contributed by atoms with Crippen LogP contribution in [0, 0.1) is 6.92 Å². The Morgan fingerprint density at radius 1 is 1.27 bits per heavy atom. The molecule has 0 aliphatic heterocycles. The zero-order valence-electron chi connectivity index (χ0n) is 11.9. The van der Waals surface area contributed by atoms with Gasteiger partial charge < -0.3 is 15.0 Å². The minimum atomic E-state index is -1.15. The fourth-order valence-electron chi connectivity index (χ4n) is 1.88. The summed E-state index contributed by atoms with van der Waals surface area (Å²) in [4.78, 5) is 34.7. The van der Waals surface area contributed by atoms with Gasteiger partial charge in [0.25, 0.3) is 11.5 Å². The second-order valence-corrected chi connectivity index (χ2v) is 5.18. The van der Waals surface area contributed by atoms with Crippen LogP contribution in [0.5, 0.6) is 0 Å². The number of aromatic carboxylic acids is 1. The second kappa shape index (κ2) is 6.03. The van der Waals surface area contributed by atoms with E-state index < -0.39 is 11.9 Å². The highest BCUT2D eigenvalue weighted by molar-refractivity contribution is 6.34. The Morgan fingerprint density at radius 2 is 1.95 bits per heavy atom. The highest BCUT2D eigenvalue weighted by Crippen LogP contribution is 2.20. The van der Waals surface area contributed by atoms with E-state index in [4.69, 9.17) is 16.7 Å². The van der Waals surface area contributed by atoms with E-state index in [2.05, 4.69) is 5.32 Å². The molecule has 2 N–H and O–H groups in total. The van der Waals surface area contributed by atoms with Gasteiger partial charge in [-0.15, -0.1) is 0 Å². The molecule has 0 aliphatic carbocycles. The molecule has 1 heterocycles. The lowest BCUT2D eigenvalue weighted by molar-refractivity contribution is 0.0697. The van der Waals surface area contributed by atoms with Gasteiger partial charge in [0.15, 0.2) is 0 Å². The van der Waals surface area contributed by atoms with Crippen molar-refractivity contribution >= 4 is 29.2 Å². The van der Waals surface area contributed by atoms with Gasteiger partial charge in [-0.25, -0.2) is 4.79 Å². The van der Waals surface area contributed by atoms with Crippen LogP contribution in [0.1, 0.15) is 26.3 Å². The van der Waals surface area contributed by atoms with Crippen LogP contribution in [-0.4, -0.2) is 21.6 Å². The normalized spacial score (nSPS) is 10.3. The summed E-state index contributed by atoms with van der Waals surface area (Å²) in [5, 5.41) is 11.7. The first kappa shape index (κ1) is 15.8. The summed E-state index contributed by atoms with van der Waals surface area (Å²) < 4.78 is 1.33. The summed E-state index contributed by atoms with van der Waals surface area (Å²) in [6, 6.07) is 5.27. The molecular weight excluding hydrogens is 308 g/mol. The quantitative estimate of drug-likeness (QED) is 0.908. The fraction of sp³-hybridized carbons (Fsp3) is 0.133. The van der Waals surface area contributed by atoms with Crippen LogP contribution in [0.25, 0.3) is 0 Å². The van der Waals surface area contributed by atoms with E-state index in [1.807, 2.05) is 0 Å². The molecule has 114 valence electrons. The molecule has 0 aliphatic rings. The lowest BCUT2D eigenvalue weighted by atomic mass is 10.1. The maximum Gasteiger partial charge on any atom is 0.335 e. The van der Waals surface area contributed by atoms with Crippen LogP contribution in [0.3, 0.4) is 0 Å². The third-order valence-corrected chi connectivity index (χ3v) is 3.47. The average molecular weight is 321 g/mol. The summed E-state index contributed by atoms with van der Waals surface area (Å²) in [6.45, 7) is 1.69. The molecule has 2 aromatic rings. The number of halogens is 1. The van der Waals surface area contributed by atoms with Gasteiger partial charge in [-0.1, -0.05) is 11.6 Å². The van der Waals surface area contributed by atoms with E-state index in [9.17, 15) is 14.4 Å². The maximum absolute atomic E-state index is 12.3. The topological polar surface area (TPSA) is 88.4 Å². The van der Waals surface area contributed by atoms with Crippen molar-refractivity contribution < 1.29 is 14.7 Å². The maximum atomic E-state index is 12.3. The summed E-state index contributed by atoms with van der Waals surface area (Å²) in [6.07, 6.45) is 1.49. The Labute approximate surface area is 131 Å². The molecule has 22 heavy (non-hydrogen) atoms. The van der Waals surface area contributed by atoms with Gasteiger partial charge in [-0.05, 0) is 30.7 Å². The molecule has 0 bridgehead atoms. The number of nitrogens with one attached hydrogen (secondary N) is 1. The summed E-state index contributed by atoms with van der Waals surface area (Å²) in [5.41, 5.74) is 0.869. The molecule has 0 atom stereocenters. The van der Waals surface area contributed by atoms with Crippen LogP contribution < -0.4 is 10.9 Å². The minimum absolute atomic E-state index is 0.0354. The van der Waals surface area contributed by atoms with Gasteiger partial charge in [0, 0.05) is 19.3 Å². The van der Waals surface area contributed by atoms with Crippen molar-refractivity contribution in [3.05, 3.63) is 62.5 Å². The molecule has 1 aromatic heterocycles. The number of carboxylic acid groups (broad SMARTS) is 1. The first-order valence-corrected chi connectivity index (χ1v) is 6.69. The zero-order valence-corrected chi connectivity index (χ0v) is 12.6. The number of anilines is 1. The van der Waals surface area contributed by atoms with Crippen molar-refractivity contribution in [3.8, 4) is 0 Å². The van der Waals surface area contributed by atoms with Crippen molar-refractivity contribution in [1.29, 1.82) is 0 Å². The number of hydrogen-bond acceptors (Lipinski definition) is 3. The molecule has 0 saturated heterocycles. The SMILES string of the molecule is Cc1cc(=O)n(C)cc1NC(=O)c1cc(C(=O)O)ccc1Cl. The fourth-order valence-corrected chi connectivity index (χ4v) is 2.08. The molecule has 0 unspecified atom stereocenters. The van der Waals surface area contributed by atoms with Crippen molar-refractivity contribution in [1.82, 2.24) is 4.57 Å². The molecule has 1 amide bonds. The van der Waals surface area contributed by atoms with Gasteiger partial charge in [0.1, 0.15) is 0 Å². The summed E-state index contributed by atoms with van der Waals surface area (Å²) in [5.74, 6) is -1.70. The lowest BCUT2D eigenvalue weighted by Gasteiger charge is -2.11. The molecule has 2 rings (SSSR count). The van der Waals surface area contributed by atoms with Crippen molar-refractivity contribution in [2.24, 2.45) is 7.05 Å². The number of benzene rings is 1. The lowest BCUT2D eigenvalue weighted by Crippen LogP contribution is -2.20. The molecule has 1 aromatic carbocycles. The summed E-state index contributed by atoms with van der Waals surface area (Å²) in [7, 11) is 1.56. The van der Waals surface area contributed by atoms with E-state index in [0.29, 0.717) is 11.3 Å². The molecule has 0 saturated carbocycles. The Bertz CT molecular complexity index is 827. The number of carbonyl (C=O) groups is 2. The van der Waals surface area contributed by atoms with E-state index in [1.54, 1.807) is 14.0 Å². The third-order valence-electron chi connectivity index (χ3n) is 3.14. The van der Waals surface area contributed by atoms with Gasteiger partial charge in [-0.3, -0.25) is 9.59 Å². The van der Waals surface area contributed by atoms with Crippen LogP contribution in [0.2, 0.25) is 5.02 Å². The molecule has 0 radical (unpaired) electrons. The monoisotopic (exact) mass is 320 g/mol. The Kier molecular flexibility index (Phi) is 4.32. The number of hydrogen-bond donors (Lipinski definition) is 2. The predicted molar refractivity (Wildman–Crippen MR) is 82.8 cm³/mol. The number of amides is 1. The highest BCUT2D eigenvalue weighted by atomic mass is 35.5. The van der Waals surface area contributed by atoms with Crippen LogP contribution in [0.15, 0.2) is 35.3 Å². The minimum Gasteiger partial charge on any atom is -0.478 e. The van der Waals surface area contributed by atoms with Gasteiger partial charge in [0.05, 0.1) is 21.8 Å². The number of rotatable bonds is 3. The van der Waals surface area contributed by atoms with E-state index in [-0.39, 0.29) is 21.7 Å². The molecule has 6 nitrogen and oxygen atoms in total. The predicted octanol–water partition coefficient (Wildman–Crippen LogP) is 2.30. The molecule has 7 heteroatoms. The second-order valence-electron chi connectivity index (χ2n) is 4.77. The molecule has 0 fully saturated rings. The molecular formula is C15H13ClN2O4. The van der Waals surface area contributed by atoms with E-state index in [1.165, 1.54) is 35.0 Å². The van der Waals surface area contributed by atoms with Gasteiger partial charge in [0.2, 0.25) is 0 Å². The average Bonchev–Trinajstić information content (AvgIpc) is 2.44. The van der Waals surface area contributed by atoms with E-state index in [0.717, 1.165) is 0 Å². The Balaban J connectivity index is 2.38. The first-order valence-electron chi connectivity index (χ1n) is 6.31. The van der Waals surface area contributed by atoms with Crippen LogP contribution in [-0.2, 0) is 7.05 Å². The Hall–Kier alpha value is -2.60. The first-order chi connectivity index (χ1) is 10.3. The standard InChI is InChI=1S/C15H13ClN2O4/c1-8-5-13(19)18(2)7-12(8)17-14(20)10-6-9(15(21)22)3-4-11(10)16/h3-7H,1-2H3,(H,17,20)(H,21,22). The third kappa shape index (κ3) is 3.17. The Morgan fingerprint density at radius 3 is 2.59 bits per heavy atom. The zero-order chi connectivity index (χ0) is 16.4. The van der Waals surface area contributed by atoms with Crippen molar-refractivity contribution in [3.63, 3.8) is 0 Å². The van der Waals surface area contributed by atoms with Crippen molar-refractivity contribution in [2.45, 2.75) is 6.92 Å². The number of nitrogens with zero attached hydrogens (tertiary/aromatic N) is 1. The number of carboxylic acids is 1. The molecule has 0 spiro atoms. The van der Waals surface area contributed by atoms with Crippen LogP contribution >= 0.6 is 11.6 Å². The number of pyridine rings is 1. The number of aromatic nitrogens is 1. The number of carbonyl (C=O) groups excluding carboxylic acids is 1. The number of aryl methyl sites for hydroxylation is 2. The van der Waals surface area contributed by atoms with Crippen molar-refractivity contribution in [2.75, 3.05) is 5.32 Å². The summed E-state index contributed by atoms with van der Waals surface area (Å²) >= 11 is 5.95.